The van der Waals surface area contributed by atoms with Gasteiger partial charge in [-0.25, -0.2) is 4.79 Å². The van der Waals surface area contributed by atoms with Gasteiger partial charge in [0.2, 0.25) is 0 Å². The van der Waals surface area contributed by atoms with Crippen LogP contribution in [0.3, 0.4) is 0 Å². The van der Waals surface area contributed by atoms with Crippen molar-refractivity contribution in [2.75, 3.05) is 38.1 Å². The minimum Gasteiger partial charge on any atom is -0.372 e. The number of ether oxygens (including phenoxy) is 1. The summed E-state index contributed by atoms with van der Waals surface area (Å²) >= 11 is 1.82. The molecule has 5 nitrogen and oxygen atoms in total. The molecule has 0 radical (unpaired) electrons. The highest BCUT2D eigenvalue weighted by Gasteiger charge is 2.38. The lowest BCUT2D eigenvalue weighted by Crippen LogP contribution is -2.52. The Morgan fingerprint density at radius 1 is 1.11 bits per heavy atom. The average Bonchev–Trinajstić information content (AvgIpc) is 3.10. The molecule has 6 heteroatoms. The maximum atomic E-state index is 12.6. The lowest BCUT2D eigenvalue weighted by Gasteiger charge is -2.42. The number of nitrogens with zero attached hydrogens (tertiary/aromatic N) is 2. The van der Waals surface area contributed by atoms with Crippen molar-refractivity contribution in [3.8, 4) is 0 Å². The number of benzene rings is 1. The minimum atomic E-state index is -0.114. The maximum absolute atomic E-state index is 12.6. The lowest BCUT2D eigenvalue weighted by molar-refractivity contribution is -0.117. The first-order valence-electron chi connectivity index (χ1n) is 9.72. The Kier molecular flexibility index (Phi) is 5.76. The molecule has 0 saturated carbocycles. The van der Waals surface area contributed by atoms with Gasteiger partial charge in [0.1, 0.15) is 0 Å². The van der Waals surface area contributed by atoms with Gasteiger partial charge in [-0.1, -0.05) is 24.3 Å². The first-order valence-corrected chi connectivity index (χ1v) is 10.6. The largest absolute Gasteiger partial charge is 0.372 e. The van der Waals surface area contributed by atoms with E-state index in [-0.39, 0.29) is 11.6 Å². The van der Waals surface area contributed by atoms with Gasteiger partial charge in [-0.05, 0) is 42.8 Å². The second kappa shape index (κ2) is 8.42. The van der Waals surface area contributed by atoms with Crippen molar-refractivity contribution in [2.45, 2.75) is 31.4 Å². The smallest absolute Gasteiger partial charge is 0.321 e. The van der Waals surface area contributed by atoms with Crippen LogP contribution in [0.4, 0.5) is 10.5 Å². The SMILES string of the molecule is O=C(Nc1ccccc1)N1CCCC2(CC1)CN(Cc1cccs1)CCO2. The number of nitrogens with one attached hydrogen (secondary N) is 1. The van der Waals surface area contributed by atoms with E-state index in [2.05, 4.69) is 27.7 Å². The van der Waals surface area contributed by atoms with E-state index < -0.39 is 0 Å². The number of carbonyl (C=O) groups is 1. The molecule has 2 aliphatic heterocycles. The normalized spacial score (nSPS) is 23.9. The maximum Gasteiger partial charge on any atom is 0.321 e. The third kappa shape index (κ3) is 4.69. The number of hydrogen-bond donors (Lipinski definition) is 1. The van der Waals surface area contributed by atoms with Gasteiger partial charge in [-0.2, -0.15) is 0 Å². The van der Waals surface area contributed by atoms with Crippen LogP contribution in [0.15, 0.2) is 47.8 Å². The summed E-state index contributed by atoms with van der Waals surface area (Å²) in [5, 5.41) is 5.15. The van der Waals surface area contributed by atoms with Crippen molar-refractivity contribution in [1.82, 2.24) is 9.80 Å². The number of amides is 2. The molecule has 27 heavy (non-hydrogen) atoms. The fourth-order valence-corrected chi connectivity index (χ4v) is 4.82. The Bertz CT molecular complexity index is 737. The first kappa shape index (κ1) is 18.5. The predicted molar refractivity (Wildman–Crippen MR) is 109 cm³/mol. The number of urea groups is 1. The molecule has 1 spiro atoms. The van der Waals surface area contributed by atoms with Gasteiger partial charge in [-0.15, -0.1) is 11.3 Å². The molecular weight excluding hydrogens is 358 g/mol. The summed E-state index contributed by atoms with van der Waals surface area (Å²) in [6, 6.07) is 14.0. The molecule has 4 rings (SSSR count). The number of thiophene rings is 1. The van der Waals surface area contributed by atoms with E-state index in [1.54, 1.807) is 0 Å². The predicted octanol–water partition coefficient (Wildman–Crippen LogP) is 4.04. The number of para-hydroxylation sites is 1. The standard InChI is InChI=1S/C21H27N3O2S/c25-20(22-18-6-2-1-3-7-18)24-11-5-9-21(10-12-24)17-23(13-14-26-21)16-19-8-4-15-27-19/h1-4,6-8,15H,5,9-14,16-17H2,(H,22,25). The summed E-state index contributed by atoms with van der Waals surface area (Å²) in [5.74, 6) is 0. The molecule has 1 unspecified atom stereocenters. The molecule has 2 aromatic rings. The van der Waals surface area contributed by atoms with Gasteiger partial charge in [0.15, 0.2) is 0 Å². The summed E-state index contributed by atoms with van der Waals surface area (Å²) in [6.45, 7) is 5.25. The van der Waals surface area contributed by atoms with Crippen LogP contribution < -0.4 is 5.32 Å². The Morgan fingerprint density at radius 2 is 2.00 bits per heavy atom. The van der Waals surface area contributed by atoms with Gasteiger partial charge in [0, 0.05) is 43.3 Å². The summed E-state index contributed by atoms with van der Waals surface area (Å²) in [7, 11) is 0. The van der Waals surface area contributed by atoms with Crippen molar-refractivity contribution in [3.05, 3.63) is 52.7 Å². The molecule has 2 aliphatic rings. The second-order valence-corrected chi connectivity index (χ2v) is 8.49. The number of likely N-dealkylation sites (tertiary alicyclic amines) is 1. The molecule has 2 saturated heterocycles. The van der Waals surface area contributed by atoms with E-state index in [4.69, 9.17) is 4.74 Å². The third-order valence-electron chi connectivity index (χ3n) is 5.50. The Balaban J connectivity index is 1.35. The van der Waals surface area contributed by atoms with Gasteiger partial charge in [-0.3, -0.25) is 4.90 Å². The van der Waals surface area contributed by atoms with Crippen LogP contribution in [0, 0.1) is 0 Å². The van der Waals surface area contributed by atoms with Crippen molar-refractivity contribution in [3.63, 3.8) is 0 Å². The second-order valence-electron chi connectivity index (χ2n) is 7.46. The number of rotatable bonds is 3. The first-order chi connectivity index (χ1) is 13.2. The van der Waals surface area contributed by atoms with Gasteiger partial charge in [0.25, 0.3) is 0 Å². The Labute approximate surface area is 164 Å². The third-order valence-corrected chi connectivity index (χ3v) is 6.36. The zero-order valence-corrected chi connectivity index (χ0v) is 16.4. The van der Waals surface area contributed by atoms with Crippen LogP contribution in [0.1, 0.15) is 24.1 Å². The number of anilines is 1. The molecule has 1 atom stereocenters. The van der Waals surface area contributed by atoms with Crippen molar-refractivity contribution < 1.29 is 9.53 Å². The van der Waals surface area contributed by atoms with E-state index >= 15 is 0 Å². The highest BCUT2D eigenvalue weighted by molar-refractivity contribution is 7.09. The topological polar surface area (TPSA) is 44.8 Å². The Morgan fingerprint density at radius 3 is 2.81 bits per heavy atom. The van der Waals surface area contributed by atoms with Gasteiger partial charge in [0.05, 0.1) is 12.2 Å². The summed E-state index contributed by atoms with van der Waals surface area (Å²) < 4.78 is 6.29. The zero-order valence-electron chi connectivity index (χ0n) is 15.6. The number of hydrogen-bond acceptors (Lipinski definition) is 4. The van der Waals surface area contributed by atoms with Crippen LogP contribution >= 0.6 is 11.3 Å². The summed E-state index contributed by atoms with van der Waals surface area (Å²) in [6.07, 6.45) is 2.90. The summed E-state index contributed by atoms with van der Waals surface area (Å²) in [4.78, 5) is 18.5. The highest BCUT2D eigenvalue weighted by atomic mass is 32.1. The van der Waals surface area contributed by atoms with Crippen LogP contribution in [0.25, 0.3) is 0 Å². The van der Waals surface area contributed by atoms with Gasteiger partial charge < -0.3 is 15.0 Å². The molecule has 1 aromatic carbocycles. The number of morpholine rings is 1. The van der Waals surface area contributed by atoms with Crippen LogP contribution in [0.2, 0.25) is 0 Å². The quantitative estimate of drug-likeness (QED) is 0.867. The van der Waals surface area contributed by atoms with Crippen LogP contribution in [-0.2, 0) is 11.3 Å². The summed E-state index contributed by atoms with van der Waals surface area (Å²) in [5.41, 5.74) is 0.731. The van der Waals surface area contributed by atoms with Crippen molar-refractivity contribution in [2.24, 2.45) is 0 Å². The molecule has 2 amide bonds. The fourth-order valence-electron chi connectivity index (χ4n) is 4.08. The van der Waals surface area contributed by atoms with Crippen LogP contribution in [0.5, 0.6) is 0 Å². The van der Waals surface area contributed by atoms with E-state index in [0.717, 1.165) is 64.3 Å². The van der Waals surface area contributed by atoms with Crippen molar-refractivity contribution >= 4 is 23.1 Å². The Hall–Kier alpha value is -1.89. The molecule has 3 heterocycles. The van der Waals surface area contributed by atoms with Crippen molar-refractivity contribution in [1.29, 1.82) is 0 Å². The molecule has 0 aliphatic carbocycles. The van der Waals surface area contributed by atoms with E-state index in [1.165, 1.54) is 4.88 Å². The molecule has 1 aromatic heterocycles. The number of carbonyl (C=O) groups excluding carboxylic acids is 1. The molecule has 144 valence electrons. The minimum absolute atomic E-state index is 0.00972. The van der Waals surface area contributed by atoms with Gasteiger partial charge >= 0.3 is 6.03 Å². The highest BCUT2D eigenvalue weighted by Crippen LogP contribution is 2.31. The van der Waals surface area contributed by atoms with E-state index in [9.17, 15) is 4.79 Å². The molecule has 1 N–H and O–H groups in total. The molecule has 0 bridgehead atoms. The van der Waals surface area contributed by atoms with E-state index in [0.29, 0.717) is 0 Å². The fraction of sp³-hybridized carbons (Fsp3) is 0.476. The lowest BCUT2D eigenvalue weighted by atomic mass is 9.92. The molecule has 2 fully saturated rings. The van der Waals surface area contributed by atoms with E-state index in [1.807, 2.05) is 46.6 Å². The average molecular weight is 386 g/mol. The zero-order chi connectivity index (χ0) is 18.5. The van der Waals surface area contributed by atoms with Crippen LogP contribution in [-0.4, -0.2) is 54.2 Å². The monoisotopic (exact) mass is 385 g/mol. The molecular formula is C21H27N3O2S.